The molecule has 138 valence electrons. The lowest BCUT2D eigenvalue weighted by Crippen LogP contribution is -2.37. The lowest BCUT2D eigenvalue weighted by molar-refractivity contribution is 0.0231. The number of carbonyl (C=O) groups is 1. The summed E-state index contributed by atoms with van der Waals surface area (Å²) in [5, 5.41) is 19.4. The number of hydrogen-bond donors (Lipinski definition) is 1. The van der Waals surface area contributed by atoms with E-state index < -0.39 is 5.91 Å². The number of morpholine rings is 1. The van der Waals surface area contributed by atoms with Gasteiger partial charge in [-0.05, 0) is 18.2 Å². The van der Waals surface area contributed by atoms with Gasteiger partial charge in [-0.15, -0.1) is 10.2 Å². The first-order valence-corrected chi connectivity index (χ1v) is 8.85. The molecule has 7 nitrogen and oxygen atoms in total. The summed E-state index contributed by atoms with van der Waals surface area (Å²) >= 11 is 0. The summed E-state index contributed by atoms with van der Waals surface area (Å²) in [6, 6.07) is 16.3. The number of para-hydroxylation sites is 1. The summed E-state index contributed by atoms with van der Waals surface area (Å²) in [4.78, 5) is 14.4. The number of ether oxygens (including phenoxy) is 1. The fourth-order valence-electron chi connectivity index (χ4n) is 3.19. The van der Waals surface area contributed by atoms with Crippen molar-refractivity contribution in [2.75, 3.05) is 26.3 Å². The minimum absolute atomic E-state index is 0.00676. The number of aromatic hydroxyl groups is 1. The average Bonchev–Trinajstić information content (AvgIpc) is 2.99. The fourth-order valence-corrected chi connectivity index (χ4v) is 3.19. The lowest BCUT2D eigenvalue weighted by atomic mass is 10.2. The van der Waals surface area contributed by atoms with Gasteiger partial charge in [-0.3, -0.25) is 14.3 Å². The normalized spacial score (nSPS) is 15.6. The minimum atomic E-state index is -0.444. The van der Waals surface area contributed by atoms with Crippen LogP contribution in [-0.2, 0) is 11.4 Å². The highest BCUT2D eigenvalue weighted by Crippen LogP contribution is 2.39. The lowest BCUT2D eigenvalue weighted by Gasteiger charge is -2.27. The van der Waals surface area contributed by atoms with E-state index in [1.807, 2.05) is 30.3 Å². The van der Waals surface area contributed by atoms with Gasteiger partial charge in [0, 0.05) is 24.0 Å². The van der Waals surface area contributed by atoms with Crippen LogP contribution in [0.25, 0.3) is 10.9 Å². The first-order valence-electron chi connectivity index (χ1n) is 8.85. The first-order chi connectivity index (χ1) is 13.2. The van der Waals surface area contributed by atoms with Crippen molar-refractivity contribution in [3.63, 3.8) is 0 Å². The highest BCUT2D eigenvalue weighted by atomic mass is 16.5. The van der Waals surface area contributed by atoms with E-state index in [0.29, 0.717) is 31.1 Å². The van der Waals surface area contributed by atoms with E-state index in [9.17, 15) is 9.90 Å². The van der Waals surface area contributed by atoms with E-state index in [-0.39, 0.29) is 5.88 Å². The number of nitrogens with zero attached hydrogens (tertiary/aromatic N) is 4. The van der Waals surface area contributed by atoms with Crippen LogP contribution in [0.3, 0.4) is 0 Å². The van der Waals surface area contributed by atoms with Crippen molar-refractivity contribution in [1.82, 2.24) is 9.47 Å². The Labute approximate surface area is 156 Å². The van der Waals surface area contributed by atoms with Crippen molar-refractivity contribution >= 4 is 22.5 Å². The SMILES string of the molecule is O=C(N=Nc1c(O)n(CN2CCOCC2)c2ccccc12)c1ccccc1. The predicted octanol–water partition coefficient (Wildman–Crippen LogP) is 3.56. The van der Waals surface area contributed by atoms with Crippen LogP contribution in [0.5, 0.6) is 5.88 Å². The fraction of sp³-hybridized carbons (Fsp3) is 0.250. The number of fused-ring (bicyclic) bond motifs is 1. The van der Waals surface area contributed by atoms with E-state index in [0.717, 1.165) is 24.0 Å². The second-order valence-corrected chi connectivity index (χ2v) is 6.36. The standard InChI is InChI=1S/C20H20N4O3/c25-19(15-6-2-1-3-7-15)22-21-18-16-8-4-5-9-17(16)24(20(18)26)14-23-10-12-27-13-11-23/h1-9,26H,10-14H2. The van der Waals surface area contributed by atoms with E-state index >= 15 is 0 Å². The molecule has 7 heteroatoms. The Hall–Kier alpha value is -3.03. The van der Waals surface area contributed by atoms with Crippen LogP contribution >= 0.6 is 0 Å². The largest absolute Gasteiger partial charge is 0.493 e. The molecule has 3 aromatic rings. The number of aromatic nitrogens is 1. The van der Waals surface area contributed by atoms with Crippen molar-refractivity contribution in [2.24, 2.45) is 10.2 Å². The Bertz CT molecular complexity index is 976. The molecule has 0 radical (unpaired) electrons. The molecule has 1 N–H and O–H groups in total. The van der Waals surface area contributed by atoms with Gasteiger partial charge in [-0.2, -0.15) is 0 Å². The maximum absolute atomic E-state index is 12.2. The quantitative estimate of drug-likeness (QED) is 0.718. The molecule has 0 unspecified atom stereocenters. The molecule has 1 aromatic heterocycles. The molecule has 0 spiro atoms. The number of amides is 1. The number of hydrogen-bond acceptors (Lipinski definition) is 5. The Morgan fingerprint density at radius 1 is 1.04 bits per heavy atom. The number of carbonyl (C=O) groups excluding carboxylic acids is 1. The van der Waals surface area contributed by atoms with E-state index in [4.69, 9.17) is 4.74 Å². The molecule has 1 aliphatic heterocycles. The molecule has 2 aromatic carbocycles. The van der Waals surface area contributed by atoms with Gasteiger partial charge in [-0.1, -0.05) is 36.4 Å². The molecule has 1 amide bonds. The summed E-state index contributed by atoms with van der Waals surface area (Å²) in [5.74, 6) is -0.438. The molecule has 1 fully saturated rings. The Morgan fingerprint density at radius 2 is 1.74 bits per heavy atom. The summed E-state index contributed by atoms with van der Waals surface area (Å²) in [6.07, 6.45) is 0. The smallest absolute Gasteiger partial charge is 0.295 e. The van der Waals surface area contributed by atoms with Crippen LogP contribution in [0.2, 0.25) is 0 Å². The third-order valence-corrected chi connectivity index (χ3v) is 4.62. The van der Waals surface area contributed by atoms with Crippen LogP contribution in [-0.4, -0.2) is 46.8 Å². The van der Waals surface area contributed by atoms with Crippen molar-refractivity contribution in [3.05, 3.63) is 60.2 Å². The van der Waals surface area contributed by atoms with Gasteiger partial charge in [0.05, 0.1) is 25.4 Å². The third kappa shape index (κ3) is 3.60. The second-order valence-electron chi connectivity index (χ2n) is 6.36. The van der Waals surface area contributed by atoms with Crippen molar-refractivity contribution in [2.45, 2.75) is 6.67 Å². The van der Waals surface area contributed by atoms with Crippen LogP contribution < -0.4 is 0 Å². The van der Waals surface area contributed by atoms with Crippen molar-refractivity contribution in [1.29, 1.82) is 0 Å². The van der Waals surface area contributed by atoms with Gasteiger partial charge >= 0.3 is 0 Å². The monoisotopic (exact) mass is 364 g/mol. The van der Waals surface area contributed by atoms with E-state index in [2.05, 4.69) is 15.1 Å². The predicted molar refractivity (Wildman–Crippen MR) is 101 cm³/mol. The zero-order chi connectivity index (χ0) is 18.6. The first kappa shape index (κ1) is 17.4. The van der Waals surface area contributed by atoms with Gasteiger partial charge in [0.15, 0.2) is 5.69 Å². The minimum Gasteiger partial charge on any atom is -0.493 e. The van der Waals surface area contributed by atoms with Crippen LogP contribution in [0, 0.1) is 0 Å². The molecule has 1 aliphatic rings. The van der Waals surface area contributed by atoms with Gasteiger partial charge < -0.3 is 9.84 Å². The Kier molecular flexibility index (Phi) is 4.95. The van der Waals surface area contributed by atoms with Crippen LogP contribution in [0.1, 0.15) is 10.4 Å². The van der Waals surface area contributed by atoms with Crippen molar-refractivity contribution < 1.29 is 14.6 Å². The van der Waals surface area contributed by atoms with Gasteiger partial charge in [0.1, 0.15) is 0 Å². The topological polar surface area (TPSA) is 79.4 Å². The van der Waals surface area contributed by atoms with E-state index in [1.54, 1.807) is 28.8 Å². The van der Waals surface area contributed by atoms with Gasteiger partial charge in [0.25, 0.3) is 5.91 Å². The van der Waals surface area contributed by atoms with Gasteiger partial charge in [0.2, 0.25) is 5.88 Å². The molecule has 0 saturated carbocycles. The highest BCUT2D eigenvalue weighted by Gasteiger charge is 2.19. The second kappa shape index (κ2) is 7.69. The number of rotatable bonds is 4. The van der Waals surface area contributed by atoms with Crippen molar-refractivity contribution in [3.8, 4) is 5.88 Å². The Balaban J connectivity index is 1.67. The average molecular weight is 364 g/mol. The molecular weight excluding hydrogens is 344 g/mol. The molecule has 1 saturated heterocycles. The summed E-state index contributed by atoms with van der Waals surface area (Å²) in [7, 11) is 0. The number of azo groups is 1. The van der Waals surface area contributed by atoms with Gasteiger partial charge in [-0.25, -0.2) is 0 Å². The third-order valence-electron chi connectivity index (χ3n) is 4.62. The van der Waals surface area contributed by atoms with E-state index in [1.165, 1.54) is 0 Å². The molecular formula is C20H20N4O3. The molecule has 0 atom stereocenters. The zero-order valence-electron chi connectivity index (χ0n) is 14.8. The zero-order valence-corrected chi connectivity index (χ0v) is 14.8. The maximum Gasteiger partial charge on any atom is 0.295 e. The van der Waals surface area contributed by atoms with Crippen LogP contribution in [0.4, 0.5) is 5.69 Å². The molecule has 0 aliphatic carbocycles. The maximum atomic E-state index is 12.2. The molecule has 27 heavy (non-hydrogen) atoms. The molecule has 0 bridgehead atoms. The summed E-state index contributed by atoms with van der Waals surface area (Å²) < 4.78 is 7.18. The number of benzene rings is 2. The van der Waals surface area contributed by atoms with Crippen LogP contribution in [0.15, 0.2) is 64.8 Å². The summed E-state index contributed by atoms with van der Waals surface area (Å²) in [6.45, 7) is 3.48. The molecule has 4 rings (SSSR count). The molecule has 2 heterocycles. The summed E-state index contributed by atoms with van der Waals surface area (Å²) in [5.41, 5.74) is 1.61. The highest BCUT2D eigenvalue weighted by molar-refractivity contribution is 5.97. The Morgan fingerprint density at radius 3 is 2.52 bits per heavy atom.